The molecule has 0 atom stereocenters. The van der Waals surface area contributed by atoms with Gasteiger partial charge in [0.25, 0.3) is 5.91 Å². The van der Waals surface area contributed by atoms with Crippen molar-refractivity contribution in [2.75, 3.05) is 29.9 Å². The van der Waals surface area contributed by atoms with Gasteiger partial charge in [-0.25, -0.2) is 4.79 Å². The highest BCUT2D eigenvalue weighted by Gasteiger charge is 2.26. The molecule has 1 heterocycles. The maximum absolute atomic E-state index is 13.0. The molecule has 0 bridgehead atoms. The van der Waals surface area contributed by atoms with E-state index in [9.17, 15) is 9.59 Å². The number of anilines is 2. The Balaban J connectivity index is 1.44. The fourth-order valence-corrected chi connectivity index (χ4v) is 3.81. The lowest BCUT2D eigenvalue weighted by molar-refractivity contribution is 0.102. The quantitative estimate of drug-likeness (QED) is 0.564. The molecule has 6 nitrogen and oxygen atoms in total. The van der Waals surface area contributed by atoms with Gasteiger partial charge in [-0.1, -0.05) is 42.5 Å². The molecular weight excluding hydrogens is 402 g/mol. The first-order valence-corrected chi connectivity index (χ1v) is 10.9. The number of benzene rings is 3. The molecule has 1 aliphatic rings. The lowest BCUT2D eigenvalue weighted by Gasteiger charge is -2.35. The molecule has 0 spiro atoms. The second kappa shape index (κ2) is 10.0. The number of nitrogens with zero attached hydrogens (tertiary/aromatic N) is 2. The van der Waals surface area contributed by atoms with Gasteiger partial charge in [0.2, 0.25) is 0 Å². The van der Waals surface area contributed by atoms with Crippen molar-refractivity contribution in [2.45, 2.75) is 19.9 Å². The molecule has 3 amide bonds. The van der Waals surface area contributed by atoms with E-state index in [2.05, 4.69) is 5.32 Å². The maximum atomic E-state index is 13.0. The van der Waals surface area contributed by atoms with E-state index in [4.69, 9.17) is 4.74 Å². The summed E-state index contributed by atoms with van der Waals surface area (Å²) in [6.45, 7) is 4.42. The van der Waals surface area contributed by atoms with Crippen LogP contribution in [0.25, 0.3) is 0 Å². The summed E-state index contributed by atoms with van der Waals surface area (Å²) >= 11 is 0. The summed E-state index contributed by atoms with van der Waals surface area (Å²) in [5.41, 5.74) is 3.05. The van der Waals surface area contributed by atoms with E-state index >= 15 is 0 Å². The number of amides is 3. The van der Waals surface area contributed by atoms with Crippen molar-refractivity contribution < 1.29 is 14.3 Å². The Kier molecular flexibility index (Phi) is 6.70. The summed E-state index contributed by atoms with van der Waals surface area (Å²) in [5, 5.41) is 2.90. The van der Waals surface area contributed by atoms with Crippen molar-refractivity contribution in [3.05, 3.63) is 90.0 Å². The minimum Gasteiger partial charge on any atom is -0.492 e. The number of hydrogen-bond donors (Lipinski definition) is 1. The molecule has 0 aromatic heterocycles. The summed E-state index contributed by atoms with van der Waals surface area (Å²) in [7, 11) is 0. The molecule has 6 heteroatoms. The molecule has 32 heavy (non-hydrogen) atoms. The van der Waals surface area contributed by atoms with Crippen LogP contribution in [-0.4, -0.2) is 36.5 Å². The van der Waals surface area contributed by atoms with Crippen LogP contribution in [0.4, 0.5) is 16.2 Å². The van der Waals surface area contributed by atoms with E-state index < -0.39 is 0 Å². The van der Waals surface area contributed by atoms with E-state index in [1.54, 1.807) is 17.0 Å². The van der Waals surface area contributed by atoms with E-state index in [-0.39, 0.29) is 11.9 Å². The van der Waals surface area contributed by atoms with Crippen LogP contribution >= 0.6 is 0 Å². The molecule has 0 aliphatic carbocycles. The lowest BCUT2D eigenvalue weighted by Crippen LogP contribution is -2.49. The molecule has 1 aliphatic heterocycles. The van der Waals surface area contributed by atoms with Gasteiger partial charge < -0.3 is 15.0 Å². The number of carbonyl (C=O) groups excluding carboxylic acids is 2. The highest BCUT2D eigenvalue weighted by Crippen LogP contribution is 2.25. The van der Waals surface area contributed by atoms with E-state index in [0.29, 0.717) is 36.7 Å². The van der Waals surface area contributed by atoms with Gasteiger partial charge in [0.05, 0.1) is 12.3 Å². The van der Waals surface area contributed by atoms with Gasteiger partial charge in [-0.2, -0.15) is 0 Å². The number of nitrogens with one attached hydrogen (secondary N) is 1. The van der Waals surface area contributed by atoms with Gasteiger partial charge in [0, 0.05) is 30.9 Å². The second-order valence-corrected chi connectivity index (χ2v) is 7.63. The normalized spacial score (nSPS) is 13.7. The van der Waals surface area contributed by atoms with E-state index in [1.165, 1.54) is 0 Å². The average molecular weight is 430 g/mol. The smallest absolute Gasteiger partial charge is 0.324 e. The van der Waals surface area contributed by atoms with Crippen LogP contribution in [0, 0.1) is 0 Å². The zero-order valence-corrected chi connectivity index (χ0v) is 18.2. The van der Waals surface area contributed by atoms with Gasteiger partial charge in [0.1, 0.15) is 5.75 Å². The number of ether oxygens (including phenoxy) is 1. The Labute approximate surface area is 188 Å². The van der Waals surface area contributed by atoms with Gasteiger partial charge in [-0.3, -0.25) is 9.69 Å². The highest BCUT2D eigenvalue weighted by molar-refractivity contribution is 6.05. The zero-order chi connectivity index (χ0) is 22.3. The number of rotatable bonds is 7. The minimum atomic E-state index is -0.223. The molecule has 1 saturated heterocycles. The molecule has 4 rings (SSSR count). The van der Waals surface area contributed by atoms with Crippen molar-refractivity contribution in [3.63, 3.8) is 0 Å². The monoisotopic (exact) mass is 429 g/mol. The van der Waals surface area contributed by atoms with Crippen LogP contribution in [0.3, 0.4) is 0 Å². The molecule has 1 fully saturated rings. The molecule has 0 radical (unpaired) electrons. The number of para-hydroxylation sites is 2. The standard InChI is InChI=1S/C26H27N3O3/c1-2-32-24-12-7-6-11-23(24)27-25(30)21-13-15-22(16-14-21)29-18-8-17-28(26(29)31)19-20-9-4-3-5-10-20/h3-7,9-16H,2,8,17-19H2,1H3,(H,27,30). The zero-order valence-electron chi connectivity index (χ0n) is 18.2. The Morgan fingerprint density at radius 2 is 1.66 bits per heavy atom. The highest BCUT2D eigenvalue weighted by atomic mass is 16.5. The van der Waals surface area contributed by atoms with Gasteiger partial charge in [0.15, 0.2) is 0 Å². The summed E-state index contributed by atoms with van der Waals surface area (Å²) in [5.74, 6) is 0.414. The van der Waals surface area contributed by atoms with Crippen molar-refractivity contribution in [1.29, 1.82) is 0 Å². The molecule has 0 unspecified atom stereocenters. The Hall–Kier alpha value is -3.80. The van der Waals surface area contributed by atoms with Crippen LogP contribution in [0.5, 0.6) is 5.75 Å². The van der Waals surface area contributed by atoms with Crippen LogP contribution in [0.15, 0.2) is 78.9 Å². The predicted octanol–water partition coefficient (Wildman–Crippen LogP) is 5.17. The molecule has 0 saturated carbocycles. The lowest BCUT2D eigenvalue weighted by atomic mass is 10.1. The first kappa shape index (κ1) is 21.4. The minimum absolute atomic E-state index is 0.0112. The number of hydrogen-bond acceptors (Lipinski definition) is 3. The van der Waals surface area contributed by atoms with E-state index in [0.717, 1.165) is 24.2 Å². The Morgan fingerprint density at radius 3 is 2.41 bits per heavy atom. The van der Waals surface area contributed by atoms with Crippen LogP contribution in [-0.2, 0) is 6.54 Å². The fraction of sp³-hybridized carbons (Fsp3) is 0.231. The summed E-state index contributed by atoms with van der Waals surface area (Å²) in [6, 6.07) is 24.5. The topological polar surface area (TPSA) is 61.9 Å². The molecule has 3 aromatic carbocycles. The summed E-state index contributed by atoms with van der Waals surface area (Å²) < 4.78 is 5.57. The first-order valence-electron chi connectivity index (χ1n) is 10.9. The number of urea groups is 1. The molecular formula is C26H27N3O3. The van der Waals surface area contributed by atoms with Crippen molar-refractivity contribution >= 4 is 23.3 Å². The maximum Gasteiger partial charge on any atom is 0.324 e. The van der Waals surface area contributed by atoms with Gasteiger partial charge in [-0.15, -0.1) is 0 Å². The van der Waals surface area contributed by atoms with Crippen molar-refractivity contribution in [1.82, 2.24) is 4.90 Å². The van der Waals surface area contributed by atoms with Gasteiger partial charge >= 0.3 is 6.03 Å². The first-order chi connectivity index (χ1) is 15.7. The van der Waals surface area contributed by atoms with Crippen LogP contribution < -0.4 is 15.0 Å². The fourth-order valence-electron chi connectivity index (χ4n) is 3.81. The van der Waals surface area contributed by atoms with Crippen molar-refractivity contribution in [3.8, 4) is 5.75 Å². The largest absolute Gasteiger partial charge is 0.492 e. The summed E-state index contributed by atoms with van der Waals surface area (Å²) in [4.78, 5) is 29.4. The predicted molar refractivity (Wildman–Crippen MR) is 126 cm³/mol. The molecule has 164 valence electrons. The summed E-state index contributed by atoms with van der Waals surface area (Å²) in [6.07, 6.45) is 0.898. The van der Waals surface area contributed by atoms with E-state index in [1.807, 2.05) is 78.6 Å². The Morgan fingerprint density at radius 1 is 0.938 bits per heavy atom. The number of carbonyl (C=O) groups is 2. The van der Waals surface area contributed by atoms with Gasteiger partial charge in [-0.05, 0) is 55.3 Å². The molecule has 1 N–H and O–H groups in total. The average Bonchev–Trinajstić information content (AvgIpc) is 2.83. The third-order valence-electron chi connectivity index (χ3n) is 5.40. The van der Waals surface area contributed by atoms with Crippen LogP contribution in [0.2, 0.25) is 0 Å². The third kappa shape index (κ3) is 4.91. The SMILES string of the molecule is CCOc1ccccc1NC(=O)c1ccc(N2CCCN(Cc3ccccc3)C2=O)cc1. The van der Waals surface area contributed by atoms with Crippen LogP contribution in [0.1, 0.15) is 29.3 Å². The van der Waals surface area contributed by atoms with Crippen molar-refractivity contribution in [2.24, 2.45) is 0 Å². The Bertz CT molecular complexity index is 1070. The second-order valence-electron chi connectivity index (χ2n) is 7.63. The molecule has 3 aromatic rings. The third-order valence-corrected chi connectivity index (χ3v) is 5.40.